The van der Waals surface area contributed by atoms with Crippen molar-refractivity contribution in [2.24, 2.45) is 5.73 Å². The van der Waals surface area contributed by atoms with Gasteiger partial charge in [-0.15, -0.1) is 0 Å². The van der Waals surface area contributed by atoms with Gasteiger partial charge in [-0.25, -0.2) is 4.98 Å². The summed E-state index contributed by atoms with van der Waals surface area (Å²) < 4.78 is 5.21. The third-order valence-electron chi connectivity index (χ3n) is 3.13. The second-order valence-corrected chi connectivity index (χ2v) is 4.37. The molecule has 0 amide bonds. The molecule has 3 N–H and O–H groups in total. The normalized spacial score (nSPS) is 10.8. The summed E-state index contributed by atoms with van der Waals surface area (Å²) in [6.07, 6.45) is 0. The lowest BCUT2D eigenvalue weighted by Crippen LogP contribution is -1.95. The van der Waals surface area contributed by atoms with Gasteiger partial charge in [0.05, 0.1) is 18.1 Å². The van der Waals surface area contributed by atoms with Crippen LogP contribution in [0.25, 0.3) is 22.4 Å². The topological polar surface area (TPSA) is 63.9 Å². The Kier molecular flexibility index (Phi) is 2.93. The van der Waals surface area contributed by atoms with Gasteiger partial charge in [0, 0.05) is 18.2 Å². The molecule has 3 rings (SSSR count). The minimum atomic E-state index is 0.530. The molecular weight excluding hydrogens is 238 g/mol. The first-order valence-corrected chi connectivity index (χ1v) is 6.13. The fourth-order valence-corrected chi connectivity index (χ4v) is 2.10. The fourth-order valence-electron chi connectivity index (χ4n) is 2.10. The maximum Gasteiger partial charge on any atom is 0.138 e. The Balaban J connectivity index is 2.09. The number of aromatic amines is 1. The van der Waals surface area contributed by atoms with Crippen LogP contribution in [0.15, 0.2) is 42.5 Å². The van der Waals surface area contributed by atoms with Crippen LogP contribution >= 0.6 is 0 Å². The maximum absolute atomic E-state index is 5.66. The van der Waals surface area contributed by atoms with E-state index in [0.29, 0.717) is 6.54 Å². The van der Waals surface area contributed by atoms with Crippen molar-refractivity contribution >= 4 is 11.0 Å². The Labute approximate surface area is 111 Å². The molecule has 2 aromatic carbocycles. The molecule has 4 heteroatoms. The summed E-state index contributed by atoms with van der Waals surface area (Å²) in [7, 11) is 1.66. The van der Waals surface area contributed by atoms with E-state index in [9.17, 15) is 0 Å². The minimum absolute atomic E-state index is 0.530. The van der Waals surface area contributed by atoms with E-state index in [-0.39, 0.29) is 0 Å². The van der Waals surface area contributed by atoms with Crippen LogP contribution in [0.4, 0.5) is 0 Å². The van der Waals surface area contributed by atoms with Crippen LogP contribution in [0, 0.1) is 0 Å². The molecule has 1 heterocycles. The van der Waals surface area contributed by atoms with E-state index in [0.717, 1.165) is 33.7 Å². The number of nitrogens with zero attached hydrogens (tertiary/aromatic N) is 1. The third-order valence-corrected chi connectivity index (χ3v) is 3.13. The van der Waals surface area contributed by atoms with Crippen LogP contribution in [-0.2, 0) is 6.54 Å². The van der Waals surface area contributed by atoms with Crippen LogP contribution in [0.5, 0.6) is 5.75 Å². The molecule has 0 fully saturated rings. The largest absolute Gasteiger partial charge is 0.497 e. The molecular formula is C15H15N3O. The van der Waals surface area contributed by atoms with Gasteiger partial charge in [0.15, 0.2) is 0 Å². The summed E-state index contributed by atoms with van der Waals surface area (Å²) in [4.78, 5) is 7.89. The minimum Gasteiger partial charge on any atom is -0.497 e. The number of ether oxygens (including phenoxy) is 1. The Hall–Kier alpha value is -2.33. The molecule has 0 aliphatic heterocycles. The number of imidazole rings is 1. The highest BCUT2D eigenvalue weighted by atomic mass is 16.5. The van der Waals surface area contributed by atoms with E-state index in [1.807, 2.05) is 36.4 Å². The first-order valence-electron chi connectivity index (χ1n) is 6.13. The first kappa shape index (κ1) is 11.7. The average molecular weight is 253 g/mol. The Bertz CT molecular complexity index is 718. The Morgan fingerprint density at radius 3 is 2.89 bits per heavy atom. The van der Waals surface area contributed by atoms with Gasteiger partial charge in [-0.3, -0.25) is 0 Å². The van der Waals surface area contributed by atoms with Crippen LogP contribution in [0.3, 0.4) is 0 Å². The van der Waals surface area contributed by atoms with Gasteiger partial charge in [0.25, 0.3) is 0 Å². The van der Waals surface area contributed by atoms with Gasteiger partial charge in [-0.2, -0.15) is 0 Å². The first-order chi connectivity index (χ1) is 9.30. The number of H-pyrrole nitrogens is 1. The summed E-state index contributed by atoms with van der Waals surface area (Å²) in [6.45, 7) is 0.530. The number of fused-ring (bicyclic) bond motifs is 1. The third kappa shape index (κ3) is 2.18. The van der Waals surface area contributed by atoms with Gasteiger partial charge >= 0.3 is 0 Å². The van der Waals surface area contributed by atoms with E-state index < -0.39 is 0 Å². The highest BCUT2D eigenvalue weighted by Gasteiger charge is 2.06. The van der Waals surface area contributed by atoms with E-state index in [1.165, 1.54) is 0 Å². The van der Waals surface area contributed by atoms with Gasteiger partial charge in [0.2, 0.25) is 0 Å². The molecule has 0 aliphatic rings. The summed E-state index contributed by atoms with van der Waals surface area (Å²) in [5, 5.41) is 0. The lowest BCUT2D eigenvalue weighted by Gasteiger charge is -1.99. The highest BCUT2D eigenvalue weighted by molar-refractivity contribution is 5.80. The zero-order chi connectivity index (χ0) is 13.2. The van der Waals surface area contributed by atoms with Crippen molar-refractivity contribution in [3.63, 3.8) is 0 Å². The smallest absolute Gasteiger partial charge is 0.138 e. The van der Waals surface area contributed by atoms with Gasteiger partial charge in [-0.05, 0) is 23.8 Å². The Morgan fingerprint density at radius 1 is 1.21 bits per heavy atom. The molecule has 0 aliphatic carbocycles. The van der Waals surface area contributed by atoms with Crippen LogP contribution in [-0.4, -0.2) is 17.1 Å². The molecule has 0 atom stereocenters. The molecule has 4 nitrogen and oxygen atoms in total. The predicted molar refractivity (Wildman–Crippen MR) is 76.0 cm³/mol. The monoisotopic (exact) mass is 253 g/mol. The zero-order valence-electron chi connectivity index (χ0n) is 10.7. The van der Waals surface area contributed by atoms with Gasteiger partial charge in [0.1, 0.15) is 11.6 Å². The molecule has 0 radical (unpaired) electrons. The van der Waals surface area contributed by atoms with E-state index >= 15 is 0 Å². The number of methoxy groups -OCH3 is 1. The molecule has 96 valence electrons. The lowest BCUT2D eigenvalue weighted by atomic mass is 10.1. The maximum atomic E-state index is 5.66. The predicted octanol–water partition coefficient (Wildman–Crippen LogP) is 2.70. The van der Waals surface area contributed by atoms with Crippen molar-refractivity contribution in [3.8, 4) is 17.1 Å². The van der Waals surface area contributed by atoms with Crippen molar-refractivity contribution in [2.75, 3.05) is 7.11 Å². The van der Waals surface area contributed by atoms with E-state index in [1.54, 1.807) is 7.11 Å². The standard InChI is InChI=1S/C15H15N3O/c1-19-12-5-6-13-14(8-12)18-15(17-13)11-4-2-3-10(7-11)9-16/h2-8H,9,16H2,1H3,(H,17,18). The quantitative estimate of drug-likeness (QED) is 0.754. The second kappa shape index (κ2) is 4.74. The van der Waals surface area contributed by atoms with Crippen molar-refractivity contribution in [1.29, 1.82) is 0 Å². The average Bonchev–Trinajstić information content (AvgIpc) is 2.90. The van der Waals surface area contributed by atoms with E-state index in [4.69, 9.17) is 10.5 Å². The number of nitrogens with one attached hydrogen (secondary N) is 1. The fraction of sp³-hybridized carbons (Fsp3) is 0.133. The number of nitrogens with two attached hydrogens (primary N) is 1. The highest BCUT2D eigenvalue weighted by Crippen LogP contribution is 2.24. The zero-order valence-corrected chi connectivity index (χ0v) is 10.7. The van der Waals surface area contributed by atoms with Crippen LogP contribution in [0.2, 0.25) is 0 Å². The van der Waals surface area contributed by atoms with E-state index in [2.05, 4.69) is 16.0 Å². The molecule has 1 aromatic heterocycles. The van der Waals surface area contributed by atoms with Crippen molar-refractivity contribution in [2.45, 2.75) is 6.54 Å². The number of hydrogen-bond acceptors (Lipinski definition) is 3. The van der Waals surface area contributed by atoms with Crippen molar-refractivity contribution in [3.05, 3.63) is 48.0 Å². The summed E-state index contributed by atoms with van der Waals surface area (Å²) in [6, 6.07) is 13.9. The summed E-state index contributed by atoms with van der Waals surface area (Å²) in [5.41, 5.74) is 9.69. The second-order valence-electron chi connectivity index (χ2n) is 4.37. The van der Waals surface area contributed by atoms with Crippen LogP contribution < -0.4 is 10.5 Å². The molecule has 19 heavy (non-hydrogen) atoms. The van der Waals surface area contributed by atoms with Crippen LogP contribution in [0.1, 0.15) is 5.56 Å². The SMILES string of the molecule is COc1ccc2nc(-c3cccc(CN)c3)[nH]c2c1. The molecule has 3 aromatic rings. The van der Waals surface area contributed by atoms with Gasteiger partial charge in [-0.1, -0.05) is 18.2 Å². The molecule has 0 saturated heterocycles. The molecule has 0 unspecified atom stereocenters. The molecule has 0 bridgehead atoms. The number of hydrogen-bond donors (Lipinski definition) is 2. The Morgan fingerprint density at radius 2 is 2.11 bits per heavy atom. The molecule has 0 spiro atoms. The number of benzene rings is 2. The van der Waals surface area contributed by atoms with Crippen molar-refractivity contribution in [1.82, 2.24) is 9.97 Å². The summed E-state index contributed by atoms with van der Waals surface area (Å²) >= 11 is 0. The van der Waals surface area contributed by atoms with Crippen molar-refractivity contribution < 1.29 is 4.74 Å². The molecule has 0 saturated carbocycles. The number of rotatable bonds is 3. The van der Waals surface area contributed by atoms with Gasteiger partial charge < -0.3 is 15.5 Å². The number of aromatic nitrogens is 2. The summed E-state index contributed by atoms with van der Waals surface area (Å²) in [5.74, 6) is 1.66. The lowest BCUT2D eigenvalue weighted by molar-refractivity contribution is 0.415.